The van der Waals surface area contributed by atoms with Gasteiger partial charge in [0.05, 0.1) is 14.2 Å². The van der Waals surface area contributed by atoms with Crippen molar-refractivity contribution < 1.29 is 9.47 Å². The zero-order valence-corrected chi connectivity index (χ0v) is 21.3. The molecule has 6 nitrogen and oxygen atoms in total. The molecule has 0 fully saturated rings. The highest BCUT2D eigenvalue weighted by molar-refractivity contribution is 14.0. The van der Waals surface area contributed by atoms with E-state index in [0.29, 0.717) is 6.54 Å². The van der Waals surface area contributed by atoms with Gasteiger partial charge in [0.2, 0.25) is 0 Å². The Hall–Kier alpha value is -2.42. The van der Waals surface area contributed by atoms with Gasteiger partial charge in [-0.1, -0.05) is 24.3 Å². The van der Waals surface area contributed by atoms with Crippen LogP contribution in [0.2, 0.25) is 0 Å². The standard InChI is InChI=1S/C24H32N4O2.HI/c1-18-14-22(29-4)23(30-5)15-20(18)17-27(3)24(25-2)26-16-19-8-10-21(11-9-19)28-12-6-7-13-28;/h6-11,14-15H,12-13,16-17H2,1-5H3,(H,25,26);1H. The number of ether oxygens (including phenoxy) is 2. The number of halogens is 1. The van der Waals surface area contributed by atoms with E-state index in [4.69, 9.17) is 9.47 Å². The van der Waals surface area contributed by atoms with E-state index in [1.807, 2.05) is 26.2 Å². The highest BCUT2D eigenvalue weighted by Crippen LogP contribution is 2.30. The molecule has 1 aliphatic heterocycles. The first-order valence-corrected chi connectivity index (χ1v) is 10.2. The van der Waals surface area contributed by atoms with Gasteiger partial charge in [-0.25, -0.2) is 0 Å². The third kappa shape index (κ3) is 6.29. The summed E-state index contributed by atoms with van der Waals surface area (Å²) in [5.74, 6) is 2.33. The molecule has 0 radical (unpaired) electrons. The first-order chi connectivity index (χ1) is 14.5. The molecule has 0 bridgehead atoms. The quantitative estimate of drug-likeness (QED) is 0.249. The van der Waals surface area contributed by atoms with Crippen LogP contribution in [0.4, 0.5) is 5.69 Å². The lowest BCUT2D eigenvalue weighted by Crippen LogP contribution is -2.38. The zero-order valence-electron chi connectivity index (χ0n) is 19.0. The minimum absolute atomic E-state index is 0. The molecular formula is C24H33IN4O2. The summed E-state index contributed by atoms with van der Waals surface area (Å²) in [5.41, 5.74) is 4.81. The Bertz CT molecular complexity index is 905. The molecule has 7 heteroatoms. The number of guanidine groups is 1. The van der Waals surface area contributed by atoms with Crippen LogP contribution in [0.3, 0.4) is 0 Å². The second kappa shape index (κ2) is 11.8. The summed E-state index contributed by atoms with van der Waals surface area (Å²) in [7, 11) is 7.16. The van der Waals surface area contributed by atoms with E-state index in [-0.39, 0.29) is 24.0 Å². The number of hydrogen-bond acceptors (Lipinski definition) is 4. The van der Waals surface area contributed by atoms with Crippen LogP contribution in [0.15, 0.2) is 53.5 Å². The van der Waals surface area contributed by atoms with Crippen molar-refractivity contribution in [2.45, 2.75) is 20.0 Å². The van der Waals surface area contributed by atoms with E-state index in [1.54, 1.807) is 14.2 Å². The molecule has 0 aromatic heterocycles. The molecule has 1 N–H and O–H groups in total. The van der Waals surface area contributed by atoms with Crippen molar-refractivity contribution in [1.82, 2.24) is 10.2 Å². The lowest BCUT2D eigenvalue weighted by molar-refractivity contribution is 0.353. The highest BCUT2D eigenvalue weighted by atomic mass is 127. The van der Waals surface area contributed by atoms with Gasteiger partial charge in [0, 0.05) is 46.0 Å². The maximum atomic E-state index is 5.46. The summed E-state index contributed by atoms with van der Waals surface area (Å²) in [6, 6.07) is 12.8. The molecule has 2 aromatic carbocycles. The van der Waals surface area contributed by atoms with Gasteiger partial charge in [-0.15, -0.1) is 24.0 Å². The van der Waals surface area contributed by atoms with Crippen molar-refractivity contribution in [2.75, 3.05) is 46.3 Å². The van der Waals surface area contributed by atoms with Crippen molar-refractivity contribution >= 4 is 35.6 Å². The Kier molecular flexibility index (Phi) is 9.48. The molecule has 168 valence electrons. The average Bonchev–Trinajstić information content (AvgIpc) is 3.30. The van der Waals surface area contributed by atoms with Gasteiger partial charge in [0.25, 0.3) is 0 Å². The summed E-state index contributed by atoms with van der Waals surface area (Å²) in [5, 5.41) is 3.46. The number of hydrogen-bond donors (Lipinski definition) is 1. The molecule has 0 aliphatic carbocycles. The number of rotatable bonds is 7. The number of aryl methyl sites for hydroxylation is 1. The van der Waals surface area contributed by atoms with E-state index in [1.165, 1.54) is 16.8 Å². The van der Waals surface area contributed by atoms with Crippen LogP contribution in [0, 0.1) is 6.92 Å². The van der Waals surface area contributed by atoms with Gasteiger partial charge < -0.3 is 24.6 Å². The number of nitrogens with zero attached hydrogens (tertiary/aromatic N) is 3. The van der Waals surface area contributed by atoms with Crippen molar-refractivity contribution in [1.29, 1.82) is 0 Å². The molecule has 1 aliphatic rings. The van der Waals surface area contributed by atoms with Gasteiger partial charge in [0.15, 0.2) is 17.5 Å². The number of benzene rings is 2. The molecular weight excluding hydrogens is 503 g/mol. The van der Waals surface area contributed by atoms with E-state index in [0.717, 1.165) is 42.7 Å². The van der Waals surface area contributed by atoms with Gasteiger partial charge in [-0.2, -0.15) is 0 Å². The Morgan fingerprint density at radius 3 is 2.26 bits per heavy atom. The normalized spacial score (nSPS) is 13.1. The lowest BCUT2D eigenvalue weighted by Gasteiger charge is -2.24. The number of aliphatic imine (C=N–C) groups is 1. The zero-order chi connectivity index (χ0) is 21.5. The van der Waals surface area contributed by atoms with Gasteiger partial charge >= 0.3 is 0 Å². The van der Waals surface area contributed by atoms with E-state index in [2.05, 4.69) is 63.5 Å². The fraction of sp³-hybridized carbons (Fsp3) is 0.375. The van der Waals surface area contributed by atoms with Crippen LogP contribution in [-0.2, 0) is 13.1 Å². The first kappa shape index (κ1) is 24.8. The lowest BCUT2D eigenvalue weighted by atomic mass is 10.1. The Labute approximate surface area is 203 Å². The number of anilines is 1. The van der Waals surface area contributed by atoms with Crippen LogP contribution < -0.4 is 19.7 Å². The van der Waals surface area contributed by atoms with E-state index in [9.17, 15) is 0 Å². The Morgan fingerprint density at radius 2 is 1.68 bits per heavy atom. The molecule has 2 aromatic rings. The minimum Gasteiger partial charge on any atom is -0.493 e. The van der Waals surface area contributed by atoms with Crippen molar-refractivity contribution in [2.24, 2.45) is 4.99 Å². The maximum absolute atomic E-state index is 5.46. The van der Waals surface area contributed by atoms with Crippen molar-refractivity contribution in [3.8, 4) is 11.5 Å². The highest BCUT2D eigenvalue weighted by Gasteiger charge is 2.13. The van der Waals surface area contributed by atoms with Crippen LogP contribution in [0.1, 0.15) is 16.7 Å². The molecule has 1 heterocycles. The molecule has 31 heavy (non-hydrogen) atoms. The number of nitrogens with one attached hydrogen (secondary N) is 1. The third-order valence-corrected chi connectivity index (χ3v) is 5.39. The Balaban J connectivity index is 0.00000341. The number of methoxy groups -OCH3 is 2. The maximum Gasteiger partial charge on any atom is 0.193 e. The fourth-order valence-corrected chi connectivity index (χ4v) is 3.60. The smallest absolute Gasteiger partial charge is 0.193 e. The molecule has 0 saturated carbocycles. The molecule has 0 unspecified atom stereocenters. The molecule has 0 atom stereocenters. The predicted octanol–water partition coefficient (Wildman–Crippen LogP) is 4.21. The minimum atomic E-state index is 0. The average molecular weight is 536 g/mol. The SMILES string of the molecule is CN=C(NCc1ccc(N2CC=CC2)cc1)N(C)Cc1cc(OC)c(OC)cc1C.I. The van der Waals surface area contributed by atoms with Gasteiger partial charge in [-0.3, -0.25) is 4.99 Å². The fourth-order valence-electron chi connectivity index (χ4n) is 3.60. The van der Waals surface area contributed by atoms with Crippen LogP contribution >= 0.6 is 24.0 Å². The van der Waals surface area contributed by atoms with Crippen molar-refractivity contribution in [3.63, 3.8) is 0 Å². The first-order valence-electron chi connectivity index (χ1n) is 10.2. The molecule has 0 saturated heterocycles. The predicted molar refractivity (Wildman–Crippen MR) is 139 cm³/mol. The summed E-state index contributed by atoms with van der Waals surface area (Å²) in [6.45, 7) is 5.50. The van der Waals surface area contributed by atoms with E-state index < -0.39 is 0 Å². The Morgan fingerprint density at radius 1 is 1.06 bits per heavy atom. The summed E-state index contributed by atoms with van der Waals surface area (Å²) in [4.78, 5) is 8.90. The van der Waals surface area contributed by atoms with Gasteiger partial charge in [-0.05, 0) is 47.9 Å². The van der Waals surface area contributed by atoms with Crippen LogP contribution in [0.5, 0.6) is 11.5 Å². The van der Waals surface area contributed by atoms with Crippen LogP contribution in [-0.4, -0.2) is 52.3 Å². The summed E-state index contributed by atoms with van der Waals surface area (Å²) < 4.78 is 10.8. The summed E-state index contributed by atoms with van der Waals surface area (Å²) in [6.07, 6.45) is 4.41. The van der Waals surface area contributed by atoms with E-state index >= 15 is 0 Å². The topological polar surface area (TPSA) is 49.3 Å². The largest absolute Gasteiger partial charge is 0.493 e. The molecule has 0 spiro atoms. The monoisotopic (exact) mass is 536 g/mol. The molecule has 0 amide bonds. The molecule has 3 rings (SSSR count). The summed E-state index contributed by atoms with van der Waals surface area (Å²) >= 11 is 0. The third-order valence-electron chi connectivity index (χ3n) is 5.39. The second-order valence-electron chi connectivity index (χ2n) is 7.43. The van der Waals surface area contributed by atoms with Gasteiger partial charge in [0.1, 0.15) is 0 Å². The second-order valence-corrected chi connectivity index (χ2v) is 7.43. The van der Waals surface area contributed by atoms with Crippen molar-refractivity contribution in [3.05, 3.63) is 65.2 Å². The van der Waals surface area contributed by atoms with Crippen LogP contribution in [0.25, 0.3) is 0 Å².